The SMILES string of the molecule is C=CCOc1cccc(C2c3c(oc4ccc(Cl)cc4c3=O)C(=O)N2c2nc(C)c(C(=O)OCC)s2)c1. The minimum atomic E-state index is -0.880. The van der Waals surface area contributed by atoms with Crippen molar-refractivity contribution in [3.05, 3.63) is 97.8 Å². The Balaban J connectivity index is 1.73. The Morgan fingerprint density at radius 3 is 2.84 bits per heavy atom. The second-order valence-electron chi connectivity index (χ2n) is 8.20. The highest BCUT2D eigenvalue weighted by Gasteiger charge is 2.45. The quantitative estimate of drug-likeness (QED) is 0.220. The second kappa shape index (κ2) is 9.84. The highest BCUT2D eigenvalue weighted by atomic mass is 35.5. The van der Waals surface area contributed by atoms with Crippen molar-refractivity contribution in [1.29, 1.82) is 0 Å². The average Bonchev–Trinajstić information content (AvgIpc) is 3.41. The molecule has 4 aromatic rings. The number of rotatable bonds is 7. The Hall–Kier alpha value is -3.95. The molecule has 2 aromatic carbocycles. The standard InChI is InChI=1S/C27H21ClN2O6S/c1-4-11-35-17-8-6-7-15(12-17)21-20-22(31)18-13-16(28)9-10-19(18)36-23(20)25(32)30(21)27-29-14(3)24(37-27)26(33)34-5-2/h4,6-10,12-13,21H,1,5,11H2,2-3H3. The minimum Gasteiger partial charge on any atom is -0.490 e. The van der Waals surface area contributed by atoms with Gasteiger partial charge in [-0.3, -0.25) is 14.5 Å². The molecule has 1 aliphatic rings. The van der Waals surface area contributed by atoms with Crippen molar-refractivity contribution in [1.82, 2.24) is 4.98 Å². The van der Waals surface area contributed by atoms with Crippen molar-refractivity contribution in [2.75, 3.05) is 18.1 Å². The molecule has 0 fully saturated rings. The number of hydrogen-bond acceptors (Lipinski definition) is 8. The lowest BCUT2D eigenvalue weighted by Crippen LogP contribution is -2.29. The van der Waals surface area contributed by atoms with Crippen LogP contribution in [-0.4, -0.2) is 30.1 Å². The lowest BCUT2D eigenvalue weighted by Gasteiger charge is -2.23. The third kappa shape index (κ3) is 4.30. The maximum absolute atomic E-state index is 13.8. The summed E-state index contributed by atoms with van der Waals surface area (Å²) >= 11 is 7.18. The molecule has 1 unspecified atom stereocenters. The largest absolute Gasteiger partial charge is 0.490 e. The van der Waals surface area contributed by atoms with Crippen LogP contribution < -0.4 is 15.1 Å². The topological polar surface area (TPSA) is 98.9 Å². The summed E-state index contributed by atoms with van der Waals surface area (Å²) < 4.78 is 16.8. The van der Waals surface area contributed by atoms with Gasteiger partial charge in [-0.15, -0.1) is 0 Å². The third-order valence-corrected chi connectivity index (χ3v) is 7.20. The van der Waals surface area contributed by atoms with E-state index in [1.165, 1.54) is 11.0 Å². The van der Waals surface area contributed by atoms with Gasteiger partial charge in [-0.25, -0.2) is 9.78 Å². The van der Waals surface area contributed by atoms with Crippen molar-refractivity contribution in [2.24, 2.45) is 0 Å². The number of nitrogens with zero attached hydrogens (tertiary/aromatic N) is 2. The Morgan fingerprint density at radius 1 is 1.27 bits per heavy atom. The molecule has 1 aliphatic heterocycles. The van der Waals surface area contributed by atoms with E-state index in [1.807, 2.05) is 0 Å². The summed E-state index contributed by atoms with van der Waals surface area (Å²) in [5.41, 5.74) is 1.04. The molecule has 1 atom stereocenters. The summed E-state index contributed by atoms with van der Waals surface area (Å²) in [6.07, 6.45) is 1.62. The smallest absolute Gasteiger partial charge is 0.350 e. The van der Waals surface area contributed by atoms with Gasteiger partial charge in [-0.05, 0) is 49.7 Å². The fourth-order valence-corrected chi connectivity index (χ4v) is 5.42. The van der Waals surface area contributed by atoms with Crippen molar-refractivity contribution in [3.8, 4) is 5.75 Å². The van der Waals surface area contributed by atoms with Crippen molar-refractivity contribution in [3.63, 3.8) is 0 Å². The zero-order valence-electron chi connectivity index (χ0n) is 19.9. The second-order valence-corrected chi connectivity index (χ2v) is 9.61. The van der Waals surface area contributed by atoms with Gasteiger partial charge in [0.15, 0.2) is 10.6 Å². The number of halogens is 1. The molecule has 3 heterocycles. The number of thiazole rings is 1. The van der Waals surface area contributed by atoms with Crippen LogP contribution >= 0.6 is 22.9 Å². The van der Waals surface area contributed by atoms with Gasteiger partial charge in [0.2, 0.25) is 5.76 Å². The molecule has 2 aromatic heterocycles. The molecule has 0 aliphatic carbocycles. The molecule has 0 spiro atoms. The number of aryl methyl sites for hydroxylation is 1. The Labute approximate surface area is 220 Å². The molecule has 0 bridgehead atoms. The molecule has 8 nitrogen and oxygen atoms in total. The van der Waals surface area contributed by atoms with E-state index in [9.17, 15) is 14.4 Å². The summed E-state index contributed by atoms with van der Waals surface area (Å²) in [6, 6.07) is 10.9. The maximum atomic E-state index is 13.8. The van der Waals surface area contributed by atoms with Crippen LogP contribution in [0.25, 0.3) is 11.0 Å². The van der Waals surface area contributed by atoms with Gasteiger partial charge in [0.25, 0.3) is 5.91 Å². The van der Waals surface area contributed by atoms with E-state index in [0.717, 1.165) is 11.3 Å². The van der Waals surface area contributed by atoms with Crippen LogP contribution in [0.3, 0.4) is 0 Å². The molecule has 10 heteroatoms. The Morgan fingerprint density at radius 2 is 2.08 bits per heavy atom. The number of anilines is 1. The van der Waals surface area contributed by atoms with Gasteiger partial charge in [0, 0.05) is 5.02 Å². The fourth-order valence-electron chi connectivity index (χ4n) is 4.26. The maximum Gasteiger partial charge on any atom is 0.350 e. The predicted molar refractivity (Wildman–Crippen MR) is 141 cm³/mol. The zero-order chi connectivity index (χ0) is 26.3. The number of hydrogen-bond donors (Lipinski definition) is 0. The molecule has 0 saturated heterocycles. The van der Waals surface area contributed by atoms with Gasteiger partial charge < -0.3 is 13.9 Å². The number of ether oxygens (including phenoxy) is 2. The molecule has 0 radical (unpaired) electrons. The van der Waals surface area contributed by atoms with E-state index in [4.69, 9.17) is 25.5 Å². The first-order valence-corrected chi connectivity index (χ1v) is 12.6. The van der Waals surface area contributed by atoms with E-state index in [0.29, 0.717) is 22.0 Å². The normalized spacial score (nSPS) is 14.6. The third-order valence-electron chi connectivity index (χ3n) is 5.83. The van der Waals surface area contributed by atoms with Gasteiger partial charge >= 0.3 is 5.97 Å². The lowest BCUT2D eigenvalue weighted by atomic mass is 9.98. The van der Waals surface area contributed by atoms with Crippen LogP contribution in [0.5, 0.6) is 5.75 Å². The molecular weight excluding hydrogens is 516 g/mol. The van der Waals surface area contributed by atoms with Crippen molar-refractivity contribution >= 4 is 50.9 Å². The highest BCUT2D eigenvalue weighted by Crippen LogP contribution is 2.43. The number of aromatic nitrogens is 1. The number of esters is 1. The van der Waals surface area contributed by atoms with Crippen LogP contribution in [0.15, 0.2) is 64.3 Å². The molecule has 0 saturated carbocycles. The first-order valence-electron chi connectivity index (χ1n) is 11.4. The molecule has 188 valence electrons. The number of carbonyl (C=O) groups is 2. The highest BCUT2D eigenvalue weighted by molar-refractivity contribution is 7.17. The van der Waals surface area contributed by atoms with Gasteiger partial charge in [0.05, 0.1) is 29.3 Å². The monoisotopic (exact) mass is 536 g/mol. The molecule has 0 N–H and O–H groups in total. The first kappa shape index (κ1) is 24.7. The van der Waals surface area contributed by atoms with E-state index >= 15 is 0 Å². The Kier molecular flexibility index (Phi) is 6.57. The zero-order valence-corrected chi connectivity index (χ0v) is 21.5. The van der Waals surface area contributed by atoms with E-state index in [2.05, 4.69) is 11.6 Å². The van der Waals surface area contributed by atoms with Crippen LogP contribution in [-0.2, 0) is 4.74 Å². The molecular formula is C27H21ClN2O6S. The number of carbonyl (C=O) groups excluding carboxylic acids is 2. The van der Waals surface area contributed by atoms with E-state index < -0.39 is 17.9 Å². The summed E-state index contributed by atoms with van der Waals surface area (Å²) in [4.78, 5) is 46.2. The summed E-state index contributed by atoms with van der Waals surface area (Å²) in [5, 5.41) is 0.861. The van der Waals surface area contributed by atoms with Crippen LogP contribution in [0.1, 0.15) is 50.0 Å². The van der Waals surface area contributed by atoms with E-state index in [1.54, 1.807) is 56.3 Å². The first-order chi connectivity index (χ1) is 17.8. The van der Waals surface area contributed by atoms with Crippen LogP contribution in [0.4, 0.5) is 5.13 Å². The summed E-state index contributed by atoms with van der Waals surface area (Å²) in [6.45, 7) is 7.53. The van der Waals surface area contributed by atoms with Crippen molar-refractivity contribution < 1.29 is 23.5 Å². The van der Waals surface area contributed by atoms with Gasteiger partial charge in [0.1, 0.15) is 22.8 Å². The Bertz CT molecular complexity index is 1630. The summed E-state index contributed by atoms with van der Waals surface area (Å²) in [7, 11) is 0. The van der Waals surface area contributed by atoms with Gasteiger partial charge in [-0.2, -0.15) is 0 Å². The number of fused-ring (bicyclic) bond motifs is 2. The molecule has 1 amide bonds. The number of benzene rings is 2. The number of amides is 1. The summed E-state index contributed by atoms with van der Waals surface area (Å²) in [5.74, 6) is -0.629. The lowest BCUT2D eigenvalue weighted by molar-refractivity contribution is 0.0531. The van der Waals surface area contributed by atoms with Crippen LogP contribution in [0.2, 0.25) is 5.02 Å². The van der Waals surface area contributed by atoms with Gasteiger partial charge in [-0.1, -0.05) is 47.7 Å². The fraction of sp³-hybridized carbons (Fsp3) is 0.185. The molecule has 5 rings (SSSR count). The molecule has 37 heavy (non-hydrogen) atoms. The van der Waals surface area contributed by atoms with Crippen LogP contribution in [0, 0.1) is 6.92 Å². The van der Waals surface area contributed by atoms with Crippen molar-refractivity contribution in [2.45, 2.75) is 19.9 Å². The minimum absolute atomic E-state index is 0.0900. The average molecular weight is 537 g/mol. The predicted octanol–water partition coefficient (Wildman–Crippen LogP) is 5.70. The van der Waals surface area contributed by atoms with E-state index in [-0.39, 0.29) is 50.9 Å².